The van der Waals surface area contributed by atoms with Gasteiger partial charge in [0.1, 0.15) is 5.75 Å². The van der Waals surface area contributed by atoms with E-state index in [0.717, 1.165) is 16.7 Å². The summed E-state index contributed by atoms with van der Waals surface area (Å²) in [5.74, 6) is -0.0981. The molecule has 0 saturated heterocycles. The van der Waals surface area contributed by atoms with Crippen molar-refractivity contribution < 1.29 is 14.3 Å². The van der Waals surface area contributed by atoms with Gasteiger partial charge in [0.2, 0.25) is 5.91 Å². The lowest BCUT2D eigenvalue weighted by Crippen LogP contribution is -2.21. The molecule has 2 amide bonds. The molecule has 3 aromatic carbocycles. The molecule has 3 rings (SSSR count). The van der Waals surface area contributed by atoms with Gasteiger partial charge in [0, 0.05) is 13.1 Å². The Balaban J connectivity index is 1.76. The van der Waals surface area contributed by atoms with Crippen LogP contribution >= 0.6 is 0 Å². The molecule has 0 aliphatic carbocycles. The zero-order valence-corrected chi connectivity index (χ0v) is 16.3. The molecule has 5 nitrogen and oxygen atoms in total. The van der Waals surface area contributed by atoms with Crippen LogP contribution in [0.3, 0.4) is 0 Å². The number of anilines is 1. The second-order valence-corrected chi connectivity index (χ2v) is 6.30. The van der Waals surface area contributed by atoms with Crippen molar-refractivity contribution in [2.24, 2.45) is 0 Å². The first-order valence-corrected chi connectivity index (χ1v) is 9.15. The van der Waals surface area contributed by atoms with Crippen LogP contribution in [0.25, 0.3) is 17.2 Å². The van der Waals surface area contributed by atoms with Gasteiger partial charge in [-0.15, -0.1) is 0 Å². The highest BCUT2D eigenvalue weighted by atomic mass is 16.5. The Bertz CT molecular complexity index is 1040. The van der Waals surface area contributed by atoms with E-state index in [1.54, 1.807) is 24.3 Å². The molecule has 146 valence electrons. The second-order valence-electron chi connectivity index (χ2n) is 6.30. The molecule has 0 radical (unpaired) electrons. The number of ether oxygens (including phenoxy) is 1. The van der Waals surface area contributed by atoms with Gasteiger partial charge >= 0.3 is 0 Å². The van der Waals surface area contributed by atoms with E-state index < -0.39 is 0 Å². The van der Waals surface area contributed by atoms with Gasteiger partial charge < -0.3 is 15.4 Å². The van der Waals surface area contributed by atoms with E-state index in [4.69, 9.17) is 4.74 Å². The molecule has 2 N–H and O–H groups in total. The van der Waals surface area contributed by atoms with E-state index in [-0.39, 0.29) is 11.8 Å². The van der Waals surface area contributed by atoms with E-state index in [2.05, 4.69) is 10.6 Å². The molecule has 0 saturated carbocycles. The van der Waals surface area contributed by atoms with Crippen molar-refractivity contribution in [2.75, 3.05) is 19.5 Å². The Kier molecular flexibility index (Phi) is 6.43. The predicted octanol–water partition coefficient (Wildman–Crippen LogP) is 4.37. The van der Waals surface area contributed by atoms with Crippen LogP contribution in [-0.2, 0) is 4.79 Å². The van der Waals surface area contributed by atoms with E-state index >= 15 is 0 Å². The van der Waals surface area contributed by atoms with Crippen LogP contribution < -0.4 is 15.4 Å². The number of methoxy groups -OCH3 is 1. The highest BCUT2D eigenvalue weighted by Crippen LogP contribution is 2.23. The summed E-state index contributed by atoms with van der Waals surface area (Å²) < 4.78 is 5.16. The molecule has 29 heavy (non-hydrogen) atoms. The van der Waals surface area contributed by atoms with Crippen LogP contribution in [0.1, 0.15) is 15.9 Å². The third-order valence-electron chi connectivity index (χ3n) is 4.38. The van der Waals surface area contributed by atoms with Gasteiger partial charge in [0.15, 0.2) is 0 Å². The number of nitrogens with one attached hydrogen (secondary N) is 2. The largest absolute Gasteiger partial charge is 0.497 e. The van der Waals surface area contributed by atoms with Crippen LogP contribution in [0.5, 0.6) is 5.75 Å². The second kappa shape index (κ2) is 9.37. The van der Waals surface area contributed by atoms with Gasteiger partial charge in [-0.2, -0.15) is 0 Å². The monoisotopic (exact) mass is 386 g/mol. The Labute approximate surface area is 170 Å². The minimum absolute atomic E-state index is 0.307. The highest BCUT2D eigenvalue weighted by molar-refractivity contribution is 6.07. The lowest BCUT2D eigenvalue weighted by atomic mass is 10.0. The number of rotatable bonds is 6. The van der Waals surface area contributed by atoms with Crippen molar-refractivity contribution in [1.82, 2.24) is 5.32 Å². The zero-order chi connectivity index (χ0) is 20.6. The van der Waals surface area contributed by atoms with Crippen molar-refractivity contribution in [1.29, 1.82) is 0 Å². The van der Waals surface area contributed by atoms with Gasteiger partial charge in [-0.1, -0.05) is 48.5 Å². The molecular formula is C24H22N2O3. The fraction of sp³-hybridized carbons (Fsp3) is 0.0833. The summed E-state index contributed by atoms with van der Waals surface area (Å²) in [6, 6.07) is 22.9. The van der Waals surface area contributed by atoms with Gasteiger partial charge in [-0.3, -0.25) is 9.59 Å². The van der Waals surface area contributed by atoms with Crippen LogP contribution in [0.15, 0.2) is 78.9 Å². The van der Waals surface area contributed by atoms with E-state index in [1.165, 1.54) is 20.2 Å². The van der Waals surface area contributed by atoms with Crippen molar-refractivity contribution in [3.05, 3.63) is 90.0 Å². The first-order chi connectivity index (χ1) is 14.1. The molecule has 0 atom stereocenters. The Hall–Kier alpha value is -3.86. The number of hydrogen-bond acceptors (Lipinski definition) is 3. The summed E-state index contributed by atoms with van der Waals surface area (Å²) in [7, 11) is 3.06. The number of benzene rings is 3. The van der Waals surface area contributed by atoms with E-state index in [9.17, 15) is 9.59 Å². The smallest absolute Gasteiger partial charge is 0.253 e. The van der Waals surface area contributed by atoms with Crippen molar-refractivity contribution in [3.63, 3.8) is 0 Å². The van der Waals surface area contributed by atoms with Gasteiger partial charge in [-0.05, 0) is 47.0 Å². The van der Waals surface area contributed by atoms with Gasteiger partial charge in [0.25, 0.3) is 5.91 Å². The average Bonchev–Trinajstić information content (AvgIpc) is 2.78. The molecule has 5 heteroatoms. The lowest BCUT2D eigenvalue weighted by Gasteiger charge is -2.10. The van der Waals surface area contributed by atoms with E-state index in [0.29, 0.717) is 17.0 Å². The first-order valence-electron chi connectivity index (χ1n) is 9.15. The number of carbonyl (C=O) groups is 2. The normalized spacial score (nSPS) is 10.6. The summed E-state index contributed by atoms with van der Waals surface area (Å²) in [5.41, 5.74) is 3.84. The molecule has 3 aromatic rings. The zero-order valence-electron chi connectivity index (χ0n) is 16.3. The third kappa shape index (κ3) is 5.11. The molecule has 0 fully saturated rings. The van der Waals surface area contributed by atoms with Crippen LogP contribution in [0.2, 0.25) is 0 Å². The number of amides is 2. The predicted molar refractivity (Wildman–Crippen MR) is 116 cm³/mol. The van der Waals surface area contributed by atoms with Crippen LogP contribution in [0.4, 0.5) is 5.69 Å². The summed E-state index contributed by atoms with van der Waals surface area (Å²) in [5, 5.41) is 5.31. The fourth-order valence-electron chi connectivity index (χ4n) is 2.88. The minimum atomic E-state index is -0.328. The quantitative estimate of drug-likeness (QED) is 0.618. The molecule has 0 aliphatic rings. The maximum Gasteiger partial charge on any atom is 0.253 e. The maximum absolute atomic E-state index is 12.4. The van der Waals surface area contributed by atoms with Crippen molar-refractivity contribution >= 4 is 23.6 Å². The number of carbonyl (C=O) groups excluding carboxylic acids is 2. The molecule has 0 spiro atoms. The lowest BCUT2D eigenvalue weighted by molar-refractivity contribution is -0.111. The summed E-state index contributed by atoms with van der Waals surface area (Å²) in [6.45, 7) is 0. The molecule has 0 aromatic heterocycles. The first kappa shape index (κ1) is 19.9. The summed E-state index contributed by atoms with van der Waals surface area (Å²) in [4.78, 5) is 24.5. The van der Waals surface area contributed by atoms with Gasteiger partial charge in [-0.25, -0.2) is 0 Å². The number of hydrogen-bond donors (Lipinski definition) is 2. The van der Waals surface area contributed by atoms with Crippen LogP contribution in [-0.4, -0.2) is 26.0 Å². The van der Waals surface area contributed by atoms with Crippen molar-refractivity contribution in [2.45, 2.75) is 0 Å². The Morgan fingerprint density at radius 1 is 0.897 bits per heavy atom. The molecule has 0 unspecified atom stereocenters. The standard InChI is InChI=1S/C24H22N2O3/c1-25-24(28)21-16-20(29-2)12-13-22(21)26-23(27)14-11-17-7-6-10-19(15-17)18-8-4-3-5-9-18/h3-16H,1-2H3,(H,25,28)(H,26,27). The minimum Gasteiger partial charge on any atom is -0.497 e. The molecular weight excluding hydrogens is 364 g/mol. The third-order valence-corrected chi connectivity index (χ3v) is 4.38. The Morgan fingerprint density at radius 3 is 2.38 bits per heavy atom. The highest BCUT2D eigenvalue weighted by Gasteiger charge is 2.13. The molecule has 0 aliphatic heterocycles. The molecule has 0 bridgehead atoms. The Morgan fingerprint density at radius 2 is 1.66 bits per heavy atom. The average molecular weight is 386 g/mol. The maximum atomic E-state index is 12.4. The summed E-state index contributed by atoms with van der Waals surface area (Å²) in [6.07, 6.45) is 3.19. The SMILES string of the molecule is CNC(=O)c1cc(OC)ccc1NC(=O)C=Cc1cccc(-c2ccccc2)c1. The van der Waals surface area contributed by atoms with E-state index in [1.807, 2.05) is 54.6 Å². The fourth-order valence-corrected chi connectivity index (χ4v) is 2.88. The van der Waals surface area contributed by atoms with Crippen molar-refractivity contribution in [3.8, 4) is 16.9 Å². The van der Waals surface area contributed by atoms with Crippen LogP contribution in [0, 0.1) is 0 Å². The summed E-state index contributed by atoms with van der Waals surface area (Å²) >= 11 is 0. The van der Waals surface area contributed by atoms with Gasteiger partial charge in [0.05, 0.1) is 18.4 Å². The topological polar surface area (TPSA) is 67.4 Å². The molecule has 0 heterocycles.